The molecule has 4 N–H and O–H groups in total. The van der Waals surface area contributed by atoms with E-state index < -0.39 is 5.54 Å². The van der Waals surface area contributed by atoms with Crippen molar-refractivity contribution < 1.29 is 14.0 Å². The van der Waals surface area contributed by atoms with Gasteiger partial charge < -0.3 is 20.8 Å². The van der Waals surface area contributed by atoms with Gasteiger partial charge >= 0.3 is 0 Å². The second-order valence-electron chi connectivity index (χ2n) is 6.21. The van der Waals surface area contributed by atoms with Gasteiger partial charge in [0.1, 0.15) is 5.76 Å². The average molecular weight is 350 g/mol. The van der Waals surface area contributed by atoms with Crippen LogP contribution in [0.25, 0.3) is 0 Å². The molecule has 0 aliphatic carbocycles. The summed E-state index contributed by atoms with van der Waals surface area (Å²) >= 11 is 5.99. The van der Waals surface area contributed by atoms with Crippen LogP contribution < -0.4 is 16.4 Å². The summed E-state index contributed by atoms with van der Waals surface area (Å²) in [5.41, 5.74) is 6.34. The maximum atomic E-state index is 12.4. The van der Waals surface area contributed by atoms with E-state index in [1.807, 2.05) is 0 Å². The SMILES string of the molecule is Cc1occc1C(=O)Nc1cc(Cl)ccc1C(=O)NCC(C)(C)N. The molecule has 1 heterocycles. The van der Waals surface area contributed by atoms with Gasteiger partial charge in [-0.2, -0.15) is 0 Å². The number of carbonyl (C=O) groups excluding carboxylic acids is 2. The number of nitrogens with two attached hydrogens (primary N) is 1. The molecular weight excluding hydrogens is 330 g/mol. The Labute approximate surface area is 145 Å². The Morgan fingerprint density at radius 2 is 1.92 bits per heavy atom. The third-order valence-electron chi connectivity index (χ3n) is 3.28. The number of benzene rings is 1. The first-order chi connectivity index (χ1) is 11.2. The first-order valence-corrected chi connectivity index (χ1v) is 7.77. The molecule has 0 spiro atoms. The third-order valence-corrected chi connectivity index (χ3v) is 3.52. The summed E-state index contributed by atoms with van der Waals surface area (Å²) in [5.74, 6) is -0.230. The van der Waals surface area contributed by atoms with Gasteiger partial charge in [-0.3, -0.25) is 9.59 Å². The molecule has 1 aromatic carbocycles. The predicted octanol–water partition coefficient (Wildman–Crippen LogP) is 2.96. The third kappa shape index (κ3) is 4.59. The summed E-state index contributed by atoms with van der Waals surface area (Å²) in [6, 6.07) is 6.23. The van der Waals surface area contributed by atoms with Gasteiger partial charge in [0.05, 0.1) is 23.1 Å². The van der Waals surface area contributed by atoms with Crippen molar-refractivity contribution in [1.82, 2.24) is 5.32 Å². The molecule has 0 saturated heterocycles. The molecule has 6 nitrogen and oxygen atoms in total. The summed E-state index contributed by atoms with van der Waals surface area (Å²) in [5, 5.41) is 5.85. The lowest BCUT2D eigenvalue weighted by Crippen LogP contribution is -2.45. The van der Waals surface area contributed by atoms with Crippen LogP contribution in [0.4, 0.5) is 5.69 Å². The lowest BCUT2D eigenvalue weighted by molar-refractivity contribution is 0.0947. The van der Waals surface area contributed by atoms with Gasteiger partial charge in [0.2, 0.25) is 0 Å². The zero-order valence-corrected chi connectivity index (χ0v) is 14.5. The van der Waals surface area contributed by atoms with E-state index in [0.29, 0.717) is 34.1 Å². The Balaban J connectivity index is 2.23. The maximum Gasteiger partial charge on any atom is 0.259 e. The number of rotatable bonds is 5. The fourth-order valence-electron chi connectivity index (χ4n) is 2.03. The fourth-order valence-corrected chi connectivity index (χ4v) is 2.20. The normalized spacial score (nSPS) is 11.2. The van der Waals surface area contributed by atoms with Gasteiger partial charge in [-0.15, -0.1) is 0 Å². The summed E-state index contributed by atoms with van der Waals surface area (Å²) in [7, 11) is 0. The minimum atomic E-state index is -0.542. The van der Waals surface area contributed by atoms with E-state index in [1.54, 1.807) is 39.0 Å². The van der Waals surface area contributed by atoms with Crippen molar-refractivity contribution in [2.24, 2.45) is 5.73 Å². The Morgan fingerprint density at radius 1 is 1.21 bits per heavy atom. The van der Waals surface area contributed by atoms with E-state index in [2.05, 4.69) is 10.6 Å². The molecule has 0 aliphatic rings. The Bertz CT molecular complexity index is 763. The molecule has 2 aromatic rings. The first-order valence-electron chi connectivity index (χ1n) is 7.39. The van der Waals surface area contributed by atoms with Crippen molar-refractivity contribution >= 4 is 29.1 Å². The Morgan fingerprint density at radius 3 is 2.50 bits per heavy atom. The van der Waals surface area contributed by atoms with Crippen LogP contribution in [0.15, 0.2) is 34.9 Å². The summed E-state index contributed by atoms with van der Waals surface area (Å²) in [4.78, 5) is 24.7. The predicted molar refractivity (Wildman–Crippen MR) is 93.4 cm³/mol. The van der Waals surface area contributed by atoms with Crippen LogP contribution in [0.5, 0.6) is 0 Å². The molecular formula is C17H20ClN3O3. The minimum absolute atomic E-state index is 0.294. The topological polar surface area (TPSA) is 97.4 Å². The number of carbonyl (C=O) groups is 2. The van der Waals surface area contributed by atoms with Crippen LogP contribution in [0, 0.1) is 6.92 Å². The van der Waals surface area contributed by atoms with E-state index in [9.17, 15) is 9.59 Å². The molecule has 0 unspecified atom stereocenters. The highest BCUT2D eigenvalue weighted by Gasteiger charge is 2.19. The van der Waals surface area contributed by atoms with Crippen LogP contribution >= 0.6 is 11.6 Å². The van der Waals surface area contributed by atoms with Gasteiger partial charge in [-0.05, 0) is 45.0 Å². The van der Waals surface area contributed by atoms with Gasteiger partial charge in [0.15, 0.2) is 0 Å². The number of halogens is 1. The quantitative estimate of drug-likeness (QED) is 0.773. The molecule has 0 fully saturated rings. The molecule has 2 rings (SSSR count). The van der Waals surface area contributed by atoms with E-state index >= 15 is 0 Å². The van der Waals surface area contributed by atoms with Gasteiger partial charge in [-0.25, -0.2) is 0 Å². The van der Waals surface area contributed by atoms with Crippen LogP contribution in [0.3, 0.4) is 0 Å². The lowest BCUT2D eigenvalue weighted by atomic mass is 10.1. The molecule has 0 radical (unpaired) electrons. The number of furan rings is 1. The zero-order chi connectivity index (χ0) is 17.9. The molecule has 0 saturated carbocycles. The number of aryl methyl sites for hydroxylation is 1. The van der Waals surface area contributed by atoms with E-state index in [4.69, 9.17) is 21.8 Å². The van der Waals surface area contributed by atoms with Crippen LogP contribution in [-0.4, -0.2) is 23.9 Å². The maximum absolute atomic E-state index is 12.4. The Hall–Kier alpha value is -2.31. The Kier molecular flexibility index (Phi) is 5.31. The average Bonchev–Trinajstić information content (AvgIpc) is 2.90. The number of amides is 2. The number of hydrogen-bond donors (Lipinski definition) is 3. The molecule has 0 bridgehead atoms. The van der Waals surface area contributed by atoms with E-state index in [1.165, 1.54) is 12.3 Å². The zero-order valence-electron chi connectivity index (χ0n) is 13.8. The first kappa shape index (κ1) is 18.0. The van der Waals surface area contributed by atoms with E-state index in [-0.39, 0.29) is 11.8 Å². The summed E-state index contributed by atoms with van der Waals surface area (Å²) in [6.07, 6.45) is 1.43. The van der Waals surface area contributed by atoms with E-state index in [0.717, 1.165) is 0 Å². The molecule has 0 aliphatic heterocycles. The summed E-state index contributed by atoms with van der Waals surface area (Å²) < 4.78 is 5.12. The van der Waals surface area contributed by atoms with Crippen LogP contribution in [0.2, 0.25) is 5.02 Å². The number of nitrogens with one attached hydrogen (secondary N) is 2. The molecule has 24 heavy (non-hydrogen) atoms. The monoisotopic (exact) mass is 349 g/mol. The highest BCUT2D eigenvalue weighted by molar-refractivity contribution is 6.31. The molecule has 1 aromatic heterocycles. The number of hydrogen-bond acceptors (Lipinski definition) is 4. The minimum Gasteiger partial charge on any atom is -0.469 e. The van der Waals surface area contributed by atoms with Crippen molar-refractivity contribution in [3.63, 3.8) is 0 Å². The number of anilines is 1. The van der Waals surface area contributed by atoms with Crippen molar-refractivity contribution in [3.05, 3.63) is 52.4 Å². The van der Waals surface area contributed by atoms with Crippen molar-refractivity contribution in [1.29, 1.82) is 0 Å². The van der Waals surface area contributed by atoms with Crippen molar-refractivity contribution in [2.45, 2.75) is 26.3 Å². The van der Waals surface area contributed by atoms with Crippen molar-refractivity contribution in [3.8, 4) is 0 Å². The molecule has 128 valence electrons. The van der Waals surface area contributed by atoms with Crippen LogP contribution in [-0.2, 0) is 0 Å². The molecule has 7 heteroatoms. The van der Waals surface area contributed by atoms with Gasteiger partial charge in [0, 0.05) is 17.1 Å². The molecule has 0 atom stereocenters. The second-order valence-corrected chi connectivity index (χ2v) is 6.64. The lowest BCUT2D eigenvalue weighted by Gasteiger charge is -2.19. The van der Waals surface area contributed by atoms with Crippen molar-refractivity contribution in [2.75, 3.05) is 11.9 Å². The standard InChI is InChI=1S/C17H20ClN3O3/c1-10-12(6-7-24-10)16(23)21-14-8-11(18)4-5-13(14)15(22)20-9-17(2,3)19/h4-8H,9,19H2,1-3H3,(H,20,22)(H,21,23). The van der Waals surface area contributed by atoms with Gasteiger partial charge in [-0.1, -0.05) is 11.6 Å². The highest BCUT2D eigenvalue weighted by atomic mass is 35.5. The fraction of sp³-hybridized carbons (Fsp3) is 0.294. The van der Waals surface area contributed by atoms with Crippen LogP contribution in [0.1, 0.15) is 40.3 Å². The summed E-state index contributed by atoms with van der Waals surface area (Å²) in [6.45, 7) is 5.59. The molecule has 2 amide bonds. The highest BCUT2D eigenvalue weighted by Crippen LogP contribution is 2.22. The van der Waals surface area contributed by atoms with Gasteiger partial charge in [0.25, 0.3) is 11.8 Å². The second kappa shape index (κ2) is 7.07. The largest absolute Gasteiger partial charge is 0.469 e. The smallest absolute Gasteiger partial charge is 0.259 e.